The maximum absolute atomic E-state index is 13.2. The van der Waals surface area contributed by atoms with Gasteiger partial charge in [-0.3, -0.25) is 4.79 Å². The number of nitrogens with zero attached hydrogens (tertiary/aromatic N) is 1. The molecule has 0 saturated carbocycles. The number of para-hydroxylation sites is 1. The SMILES string of the molecule is CCc1ccccc1NC(=S)N(Cc1ccc2c(c1)OCO2)Cc1cc2cc3c(cc2[nH]c1=O)OCCO3. The van der Waals surface area contributed by atoms with E-state index in [0.29, 0.717) is 59.7 Å². The number of fused-ring (bicyclic) bond motifs is 3. The zero-order valence-corrected chi connectivity index (χ0v) is 21.7. The van der Waals surface area contributed by atoms with Gasteiger partial charge in [-0.2, -0.15) is 0 Å². The van der Waals surface area contributed by atoms with E-state index in [1.54, 1.807) is 0 Å². The van der Waals surface area contributed by atoms with Gasteiger partial charge in [0, 0.05) is 29.2 Å². The summed E-state index contributed by atoms with van der Waals surface area (Å²) in [5.74, 6) is 2.73. The second kappa shape index (κ2) is 10.3. The van der Waals surface area contributed by atoms with Crippen LogP contribution in [-0.4, -0.2) is 35.0 Å². The first-order valence-electron chi connectivity index (χ1n) is 12.6. The summed E-state index contributed by atoms with van der Waals surface area (Å²) in [6.07, 6.45) is 0.869. The first kappa shape index (κ1) is 24.1. The third kappa shape index (κ3) is 4.84. The van der Waals surface area contributed by atoms with Crippen molar-refractivity contribution >= 4 is 33.9 Å². The van der Waals surface area contributed by atoms with Crippen molar-refractivity contribution in [3.05, 3.63) is 87.7 Å². The van der Waals surface area contributed by atoms with Crippen LogP contribution >= 0.6 is 12.2 Å². The predicted octanol–water partition coefficient (Wildman–Crippen LogP) is 4.99. The fourth-order valence-corrected chi connectivity index (χ4v) is 4.95. The number of aryl methyl sites for hydroxylation is 1. The second-order valence-corrected chi connectivity index (χ2v) is 9.58. The predicted molar refractivity (Wildman–Crippen MR) is 149 cm³/mol. The Morgan fingerprint density at radius 2 is 1.66 bits per heavy atom. The summed E-state index contributed by atoms with van der Waals surface area (Å²) in [5.41, 5.74) is 4.20. The van der Waals surface area contributed by atoms with Gasteiger partial charge in [0.15, 0.2) is 28.1 Å². The molecule has 0 saturated heterocycles. The van der Waals surface area contributed by atoms with Crippen molar-refractivity contribution in [3.63, 3.8) is 0 Å². The molecule has 2 aliphatic rings. The fourth-order valence-electron chi connectivity index (χ4n) is 4.72. The Bertz CT molecular complexity index is 1580. The molecule has 0 aliphatic carbocycles. The van der Waals surface area contributed by atoms with Gasteiger partial charge in [0.25, 0.3) is 5.56 Å². The van der Waals surface area contributed by atoms with Crippen LogP contribution in [0.5, 0.6) is 23.0 Å². The van der Waals surface area contributed by atoms with E-state index in [1.807, 2.05) is 59.5 Å². The topological polar surface area (TPSA) is 85.1 Å². The quantitative estimate of drug-likeness (QED) is 0.338. The number of aromatic amines is 1. The van der Waals surface area contributed by atoms with Gasteiger partial charge in [-0.1, -0.05) is 31.2 Å². The van der Waals surface area contributed by atoms with Gasteiger partial charge in [0.2, 0.25) is 6.79 Å². The Hall–Kier alpha value is -4.24. The number of pyridine rings is 1. The van der Waals surface area contributed by atoms with Gasteiger partial charge >= 0.3 is 0 Å². The normalized spacial score (nSPS) is 13.4. The molecule has 9 heteroatoms. The van der Waals surface area contributed by atoms with E-state index in [1.165, 1.54) is 0 Å². The van der Waals surface area contributed by atoms with Gasteiger partial charge in [0.1, 0.15) is 13.2 Å². The van der Waals surface area contributed by atoms with Crippen LogP contribution in [0.3, 0.4) is 0 Å². The summed E-state index contributed by atoms with van der Waals surface area (Å²) in [6, 6.07) is 19.5. The van der Waals surface area contributed by atoms with Gasteiger partial charge in [-0.15, -0.1) is 0 Å². The summed E-state index contributed by atoms with van der Waals surface area (Å²) in [6.45, 7) is 4.07. The summed E-state index contributed by atoms with van der Waals surface area (Å²) < 4.78 is 22.5. The first-order chi connectivity index (χ1) is 18.6. The molecule has 0 unspecified atom stereocenters. The monoisotopic (exact) mass is 529 g/mol. The van der Waals surface area contributed by atoms with Gasteiger partial charge in [0.05, 0.1) is 12.1 Å². The number of rotatable bonds is 6. The molecule has 1 aromatic heterocycles. The maximum Gasteiger partial charge on any atom is 0.253 e. The highest BCUT2D eigenvalue weighted by Gasteiger charge is 2.19. The summed E-state index contributed by atoms with van der Waals surface area (Å²) >= 11 is 5.89. The molecule has 38 heavy (non-hydrogen) atoms. The van der Waals surface area contributed by atoms with Crippen molar-refractivity contribution in [1.82, 2.24) is 9.88 Å². The lowest BCUT2D eigenvalue weighted by molar-refractivity contribution is 0.172. The summed E-state index contributed by atoms with van der Waals surface area (Å²) in [4.78, 5) is 18.1. The highest BCUT2D eigenvalue weighted by molar-refractivity contribution is 7.80. The van der Waals surface area contributed by atoms with E-state index in [4.69, 9.17) is 31.2 Å². The molecular weight excluding hydrogens is 502 g/mol. The maximum atomic E-state index is 13.2. The standard InChI is InChI=1S/C29H27N3O5S/c1-2-19-5-3-4-6-22(19)31-29(38)32(15-18-7-8-24-25(11-18)37-17-36-24)16-21-12-20-13-26-27(35-10-9-34-26)14-23(20)30-28(21)33/h3-8,11-14H,2,9-10,15-17H2,1H3,(H,30,33)(H,31,38). The molecule has 0 spiro atoms. The van der Waals surface area contributed by atoms with Crippen LogP contribution in [0.25, 0.3) is 10.9 Å². The average molecular weight is 530 g/mol. The number of nitrogens with one attached hydrogen (secondary N) is 2. The number of hydrogen-bond acceptors (Lipinski definition) is 6. The third-order valence-electron chi connectivity index (χ3n) is 6.68. The Kier molecular flexibility index (Phi) is 6.51. The number of ether oxygens (including phenoxy) is 4. The molecule has 6 rings (SSSR count). The number of benzene rings is 3. The third-order valence-corrected chi connectivity index (χ3v) is 7.04. The number of H-pyrrole nitrogens is 1. The van der Waals surface area contributed by atoms with Gasteiger partial charge < -0.3 is 34.1 Å². The average Bonchev–Trinajstić information content (AvgIpc) is 3.40. The molecule has 2 aliphatic heterocycles. The van der Waals surface area contributed by atoms with Crippen LogP contribution in [0.2, 0.25) is 0 Å². The van der Waals surface area contributed by atoms with Crippen LogP contribution in [0, 0.1) is 0 Å². The molecule has 0 fully saturated rings. The Morgan fingerprint density at radius 1 is 0.895 bits per heavy atom. The minimum absolute atomic E-state index is 0.179. The van der Waals surface area contributed by atoms with E-state index < -0.39 is 0 Å². The summed E-state index contributed by atoms with van der Waals surface area (Å²) in [7, 11) is 0. The number of hydrogen-bond donors (Lipinski definition) is 2. The van der Waals surface area contributed by atoms with Crippen molar-refractivity contribution < 1.29 is 18.9 Å². The Balaban J connectivity index is 1.33. The lowest BCUT2D eigenvalue weighted by Gasteiger charge is -2.27. The van der Waals surface area contributed by atoms with Crippen LogP contribution in [0.1, 0.15) is 23.6 Å². The molecule has 194 valence electrons. The zero-order chi connectivity index (χ0) is 26.1. The molecule has 0 bridgehead atoms. The van der Waals surface area contributed by atoms with E-state index >= 15 is 0 Å². The Labute approximate surface area is 225 Å². The van der Waals surface area contributed by atoms with Crippen molar-refractivity contribution in [1.29, 1.82) is 0 Å². The van der Waals surface area contributed by atoms with Crippen molar-refractivity contribution in [3.8, 4) is 23.0 Å². The van der Waals surface area contributed by atoms with Crippen LogP contribution in [-0.2, 0) is 19.5 Å². The van der Waals surface area contributed by atoms with Crippen LogP contribution in [0.15, 0.2) is 65.5 Å². The highest BCUT2D eigenvalue weighted by atomic mass is 32.1. The number of thiocarbonyl (C=S) groups is 1. The minimum Gasteiger partial charge on any atom is -0.486 e. The minimum atomic E-state index is -0.179. The molecule has 0 radical (unpaired) electrons. The highest BCUT2D eigenvalue weighted by Crippen LogP contribution is 2.35. The molecule has 3 aromatic carbocycles. The van der Waals surface area contributed by atoms with Crippen LogP contribution in [0.4, 0.5) is 5.69 Å². The summed E-state index contributed by atoms with van der Waals surface area (Å²) in [5, 5.41) is 4.79. The van der Waals surface area contributed by atoms with Gasteiger partial charge in [-0.05, 0) is 60.1 Å². The Morgan fingerprint density at radius 3 is 2.50 bits per heavy atom. The number of anilines is 1. The fraction of sp³-hybridized carbons (Fsp3) is 0.241. The number of aromatic nitrogens is 1. The largest absolute Gasteiger partial charge is 0.486 e. The lowest BCUT2D eigenvalue weighted by Crippen LogP contribution is -2.35. The van der Waals surface area contributed by atoms with Crippen molar-refractivity contribution in [2.24, 2.45) is 0 Å². The molecule has 2 N–H and O–H groups in total. The molecule has 4 aromatic rings. The molecule has 3 heterocycles. The zero-order valence-electron chi connectivity index (χ0n) is 20.9. The van der Waals surface area contributed by atoms with Crippen molar-refractivity contribution in [2.75, 3.05) is 25.3 Å². The molecule has 0 amide bonds. The first-order valence-corrected chi connectivity index (χ1v) is 13.0. The smallest absolute Gasteiger partial charge is 0.253 e. The molecule has 8 nitrogen and oxygen atoms in total. The van der Waals surface area contributed by atoms with E-state index in [-0.39, 0.29) is 12.4 Å². The van der Waals surface area contributed by atoms with E-state index in [0.717, 1.165) is 34.4 Å². The molecule has 0 atom stereocenters. The second-order valence-electron chi connectivity index (χ2n) is 9.19. The van der Waals surface area contributed by atoms with Gasteiger partial charge in [-0.25, -0.2) is 0 Å². The van der Waals surface area contributed by atoms with Crippen molar-refractivity contribution in [2.45, 2.75) is 26.4 Å². The van der Waals surface area contributed by atoms with E-state index in [2.05, 4.69) is 23.3 Å². The van der Waals surface area contributed by atoms with E-state index in [9.17, 15) is 4.79 Å². The molecular formula is C29H27N3O5S. The lowest BCUT2D eigenvalue weighted by atomic mass is 10.1. The van der Waals surface area contributed by atoms with Crippen LogP contribution < -0.4 is 29.8 Å².